The Kier molecular flexibility index (Phi) is 3.53. The number of nitrogens with zero attached hydrogens (tertiary/aromatic N) is 1. The molecule has 3 heteroatoms. The van der Waals surface area contributed by atoms with Crippen LogP contribution in [0.3, 0.4) is 0 Å². The Balaban J connectivity index is 2.75. The number of Topliss-reactive ketones (excluding diaryl/α,β-unsaturated/α-hetero) is 1. The SMILES string of the molecule is CC(C)CC(=O)N1CCCC(=O)C1(C)C. The quantitative estimate of drug-likeness (QED) is 0.700. The molecule has 0 aromatic carbocycles. The lowest BCUT2D eigenvalue weighted by Crippen LogP contribution is -2.56. The van der Waals surface area contributed by atoms with E-state index in [4.69, 9.17) is 0 Å². The summed E-state index contributed by atoms with van der Waals surface area (Å²) in [7, 11) is 0. The van der Waals surface area contributed by atoms with Crippen LogP contribution in [-0.4, -0.2) is 28.7 Å². The summed E-state index contributed by atoms with van der Waals surface area (Å²) in [6.07, 6.45) is 1.96. The number of hydrogen-bond acceptors (Lipinski definition) is 2. The van der Waals surface area contributed by atoms with Crippen molar-refractivity contribution in [2.45, 2.75) is 52.5 Å². The smallest absolute Gasteiger partial charge is 0.223 e. The molecule has 1 rings (SSSR count). The van der Waals surface area contributed by atoms with Crippen LogP contribution in [0.15, 0.2) is 0 Å². The summed E-state index contributed by atoms with van der Waals surface area (Å²) in [5.41, 5.74) is -0.593. The van der Waals surface area contributed by atoms with Gasteiger partial charge < -0.3 is 4.90 Å². The van der Waals surface area contributed by atoms with Crippen molar-refractivity contribution in [1.29, 1.82) is 0 Å². The molecule has 0 spiro atoms. The molecule has 0 bridgehead atoms. The van der Waals surface area contributed by atoms with E-state index >= 15 is 0 Å². The van der Waals surface area contributed by atoms with Gasteiger partial charge >= 0.3 is 0 Å². The first-order valence-corrected chi connectivity index (χ1v) is 5.69. The topological polar surface area (TPSA) is 37.4 Å². The molecule has 1 aliphatic rings. The molecule has 0 aliphatic carbocycles. The van der Waals surface area contributed by atoms with Gasteiger partial charge in [0.2, 0.25) is 5.91 Å². The number of carbonyl (C=O) groups is 2. The molecule has 0 radical (unpaired) electrons. The van der Waals surface area contributed by atoms with Gasteiger partial charge in [-0.15, -0.1) is 0 Å². The van der Waals surface area contributed by atoms with Gasteiger partial charge in [0.1, 0.15) is 0 Å². The van der Waals surface area contributed by atoms with Gasteiger partial charge in [-0.25, -0.2) is 0 Å². The van der Waals surface area contributed by atoms with Gasteiger partial charge in [-0.2, -0.15) is 0 Å². The van der Waals surface area contributed by atoms with Crippen molar-refractivity contribution in [3.05, 3.63) is 0 Å². The highest BCUT2D eigenvalue weighted by molar-refractivity contribution is 5.93. The monoisotopic (exact) mass is 211 g/mol. The van der Waals surface area contributed by atoms with E-state index < -0.39 is 5.54 Å². The molecule has 0 aromatic heterocycles. The molecule has 1 fully saturated rings. The lowest BCUT2D eigenvalue weighted by atomic mass is 9.88. The predicted octanol–water partition coefficient (Wildman–Crippen LogP) is 2.00. The molecule has 0 unspecified atom stereocenters. The van der Waals surface area contributed by atoms with Crippen LogP contribution in [0.1, 0.15) is 47.0 Å². The third-order valence-electron chi connectivity index (χ3n) is 3.03. The van der Waals surface area contributed by atoms with Crippen LogP contribution < -0.4 is 0 Å². The highest BCUT2D eigenvalue weighted by Gasteiger charge is 2.39. The summed E-state index contributed by atoms with van der Waals surface area (Å²) in [5, 5.41) is 0. The Bertz CT molecular complexity index is 269. The normalized spacial score (nSPS) is 20.9. The van der Waals surface area contributed by atoms with Gasteiger partial charge in [0, 0.05) is 19.4 Å². The summed E-state index contributed by atoms with van der Waals surface area (Å²) >= 11 is 0. The van der Waals surface area contributed by atoms with E-state index in [9.17, 15) is 9.59 Å². The van der Waals surface area contributed by atoms with Gasteiger partial charge in [0.25, 0.3) is 0 Å². The molecular weight excluding hydrogens is 190 g/mol. The molecular formula is C12H21NO2. The largest absolute Gasteiger partial charge is 0.331 e. The van der Waals surface area contributed by atoms with Crippen molar-refractivity contribution < 1.29 is 9.59 Å². The van der Waals surface area contributed by atoms with Crippen LogP contribution in [0.25, 0.3) is 0 Å². The maximum atomic E-state index is 11.9. The van der Waals surface area contributed by atoms with Gasteiger partial charge in [0.05, 0.1) is 5.54 Å². The van der Waals surface area contributed by atoms with E-state index in [0.717, 1.165) is 13.0 Å². The van der Waals surface area contributed by atoms with Gasteiger partial charge in [0.15, 0.2) is 5.78 Å². The number of amides is 1. The highest BCUT2D eigenvalue weighted by Crippen LogP contribution is 2.25. The average molecular weight is 211 g/mol. The minimum atomic E-state index is -0.593. The molecule has 1 aliphatic heterocycles. The number of rotatable bonds is 2. The van der Waals surface area contributed by atoms with Crippen molar-refractivity contribution in [3.63, 3.8) is 0 Å². The highest BCUT2D eigenvalue weighted by atomic mass is 16.2. The number of carbonyl (C=O) groups excluding carboxylic acids is 2. The fourth-order valence-electron chi connectivity index (χ4n) is 2.03. The minimum Gasteiger partial charge on any atom is -0.331 e. The van der Waals surface area contributed by atoms with Crippen molar-refractivity contribution in [2.75, 3.05) is 6.54 Å². The zero-order chi connectivity index (χ0) is 11.6. The first kappa shape index (κ1) is 12.2. The van der Waals surface area contributed by atoms with Gasteiger partial charge in [-0.3, -0.25) is 9.59 Å². The van der Waals surface area contributed by atoms with Gasteiger partial charge in [-0.05, 0) is 26.2 Å². The molecule has 1 amide bonds. The summed E-state index contributed by atoms with van der Waals surface area (Å²) in [5.74, 6) is 0.652. The van der Waals surface area contributed by atoms with Crippen LogP contribution in [0.4, 0.5) is 0 Å². The third-order valence-corrected chi connectivity index (χ3v) is 3.03. The van der Waals surface area contributed by atoms with Crippen molar-refractivity contribution in [3.8, 4) is 0 Å². The maximum absolute atomic E-state index is 11.9. The molecule has 0 saturated carbocycles. The Labute approximate surface area is 91.8 Å². The van der Waals surface area contributed by atoms with Crippen LogP contribution in [0.5, 0.6) is 0 Å². The van der Waals surface area contributed by atoms with E-state index in [-0.39, 0.29) is 11.7 Å². The zero-order valence-corrected chi connectivity index (χ0v) is 10.2. The number of likely N-dealkylation sites (tertiary alicyclic amines) is 1. The summed E-state index contributed by atoms with van der Waals surface area (Å²) < 4.78 is 0. The van der Waals surface area contributed by atoms with E-state index in [2.05, 4.69) is 0 Å². The molecule has 0 N–H and O–H groups in total. The fraction of sp³-hybridized carbons (Fsp3) is 0.833. The molecule has 0 atom stereocenters. The zero-order valence-electron chi connectivity index (χ0n) is 10.2. The lowest BCUT2D eigenvalue weighted by molar-refractivity contribution is -0.148. The number of hydrogen-bond donors (Lipinski definition) is 0. The van der Waals surface area contributed by atoms with E-state index in [1.54, 1.807) is 4.90 Å². The molecule has 3 nitrogen and oxygen atoms in total. The second kappa shape index (κ2) is 4.33. The second-order valence-electron chi connectivity index (χ2n) is 5.23. The summed E-state index contributed by atoms with van der Waals surface area (Å²) in [4.78, 5) is 25.4. The first-order chi connectivity index (χ1) is 6.85. The van der Waals surface area contributed by atoms with Crippen LogP contribution in [0.2, 0.25) is 0 Å². The van der Waals surface area contributed by atoms with Crippen molar-refractivity contribution in [2.24, 2.45) is 5.92 Å². The Morgan fingerprint density at radius 3 is 2.60 bits per heavy atom. The maximum Gasteiger partial charge on any atom is 0.223 e. The van der Waals surface area contributed by atoms with Crippen LogP contribution in [0, 0.1) is 5.92 Å². The summed E-state index contributed by atoms with van der Waals surface area (Å²) in [6, 6.07) is 0. The Morgan fingerprint density at radius 2 is 2.07 bits per heavy atom. The molecule has 1 saturated heterocycles. The molecule has 15 heavy (non-hydrogen) atoms. The Hall–Kier alpha value is -0.860. The second-order valence-corrected chi connectivity index (χ2v) is 5.23. The minimum absolute atomic E-state index is 0.114. The van der Waals surface area contributed by atoms with Crippen molar-refractivity contribution >= 4 is 11.7 Å². The van der Waals surface area contributed by atoms with E-state index in [1.807, 2.05) is 27.7 Å². The first-order valence-electron chi connectivity index (χ1n) is 5.69. The number of piperidine rings is 1. The van der Waals surface area contributed by atoms with E-state index in [1.165, 1.54) is 0 Å². The third kappa shape index (κ3) is 2.58. The van der Waals surface area contributed by atoms with Gasteiger partial charge in [-0.1, -0.05) is 13.8 Å². The van der Waals surface area contributed by atoms with Crippen LogP contribution in [-0.2, 0) is 9.59 Å². The van der Waals surface area contributed by atoms with Crippen molar-refractivity contribution in [1.82, 2.24) is 4.90 Å². The average Bonchev–Trinajstić information content (AvgIpc) is 2.08. The fourth-order valence-corrected chi connectivity index (χ4v) is 2.03. The molecule has 1 heterocycles. The summed E-state index contributed by atoms with van der Waals surface area (Å²) in [6.45, 7) is 8.48. The lowest BCUT2D eigenvalue weighted by Gasteiger charge is -2.41. The molecule has 86 valence electrons. The number of ketones is 1. The predicted molar refractivity (Wildman–Crippen MR) is 59.5 cm³/mol. The van der Waals surface area contributed by atoms with E-state index in [0.29, 0.717) is 18.8 Å². The van der Waals surface area contributed by atoms with Crippen LogP contribution >= 0.6 is 0 Å². The standard InChI is InChI=1S/C12H21NO2/c1-9(2)8-11(15)13-7-5-6-10(14)12(13,3)4/h9H,5-8H2,1-4H3. The Morgan fingerprint density at radius 1 is 1.47 bits per heavy atom. The molecule has 0 aromatic rings.